The van der Waals surface area contributed by atoms with Crippen LogP contribution in [0.2, 0.25) is 0 Å². The van der Waals surface area contributed by atoms with Gasteiger partial charge in [0.25, 0.3) is 0 Å². The Balaban J connectivity index is 1.86. The molecule has 8 heteroatoms. The lowest BCUT2D eigenvalue weighted by molar-refractivity contribution is -0.123. The van der Waals surface area contributed by atoms with Crippen LogP contribution in [-0.4, -0.2) is 73.0 Å². The maximum Gasteiger partial charge on any atom is 0.234 e. The van der Waals surface area contributed by atoms with Gasteiger partial charge in [0.1, 0.15) is 0 Å². The van der Waals surface area contributed by atoms with Crippen LogP contribution in [0, 0.1) is 0 Å². The quantitative estimate of drug-likeness (QED) is 0.675. The second kappa shape index (κ2) is 7.26. The van der Waals surface area contributed by atoms with Gasteiger partial charge < -0.3 is 10.4 Å². The number of halogens is 1. The van der Waals surface area contributed by atoms with Gasteiger partial charge in [-0.05, 0) is 25.8 Å². The molecular weight excluding hydrogens is 316 g/mol. The van der Waals surface area contributed by atoms with Crippen molar-refractivity contribution in [3.05, 3.63) is 0 Å². The zero-order valence-electron chi connectivity index (χ0n) is 12.0. The molecule has 0 aliphatic carbocycles. The van der Waals surface area contributed by atoms with Crippen LogP contribution in [0.15, 0.2) is 0 Å². The molecule has 2 N–H and O–H groups in total. The number of piperidine rings is 1. The molecule has 2 aliphatic heterocycles. The van der Waals surface area contributed by atoms with Gasteiger partial charge in [-0.3, -0.25) is 9.69 Å². The Morgan fingerprint density at radius 2 is 2.10 bits per heavy atom. The first-order valence-electron chi connectivity index (χ1n) is 7.40. The van der Waals surface area contributed by atoms with Crippen LogP contribution in [0.25, 0.3) is 0 Å². The lowest BCUT2D eigenvalue weighted by Gasteiger charge is -2.35. The predicted octanol–water partition coefficient (Wildman–Crippen LogP) is -0.256. The lowest BCUT2D eigenvalue weighted by atomic mass is 9.99. The Bertz CT molecular complexity index is 469. The number of aliphatic hydroxyl groups is 1. The Kier molecular flexibility index (Phi) is 5.88. The maximum atomic E-state index is 12.1. The number of amides is 1. The van der Waals surface area contributed by atoms with Gasteiger partial charge in [0.05, 0.1) is 29.5 Å². The number of carbonyl (C=O) groups excluding carboxylic acids is 1. The van der Waals surface area contributed by atoms with Crippen molar-refractivity contribution < 1.29 is 18.3 Å². The smallest absolute Gasteiger partial charge is 0.234 e. The molecule has 0 radical (unpaired) electrons. The molecule has 2 saturated heterocycles. The minimum atomic E-state index is -3.14. The van der Waals surface area contributed by atoms with E-state index in [-0.39, 0.29) is 36.6 Å². The summed E-state index contributed by atoms with van der Waals surface area (Å²) in [6, 6.07) is -0.265. The molecule has 2 heterocycles. The lowest BCUT2D eigenvalue weighted by Crippen LogP contribution is -2.49. The van der Waals surface area contributed by atoms with E-state index in [2.05, 4.69) is 10.2 Å². The summed E-state index contributed by atoms with van der Waals surface area (Å²) in [5, 5.41) is 11.3. The minimum absolute atomic E-state index is 0.0731. The molecule has 0 aromatic rings. The summed E-state index contributed by atoms with van der Waals surface area (Å²) in [7, 11) is -3.14. The highest BCUT2D eigenvalue weighted by molar-refractivity contribution is 7.91. The number of rotatable bonds is 5. The third-order valence-electron chi connectivity index (χ3n) is 4.19. The first kappa shape index (κ1) is 17.0. The topological polar surface area (TPSA) is 86.7 Å². The fourth-order valence-electron chi connectivity index (χ4n) is 3.12. The van der Waals surface area contributed by atoms with E-state index in [4.69, 9.17) is 16.7 Å². The molecule has 3 unspecified atom stereocenters. The van der Waals surface area contributed by atoms with E-state index < -0.39 is 21.3 Å². The Hall–Kier alpha value is -0.370. The van der Waals surface area contributed by atoms with Gasteiger partial charge in [0.15, 0.2) is 9.84 Å². The Labute approximate surface area is 130 Å². The van der Waals surface area contributed by atoms with Crippen LogP contribution in [-0.2, 0) is 14.6 Å². The summed E-state index contributed by atoms with van der Waals surface area (Å²) in [6.07, 6.45) is 3.82. The molecule has 0 saturated carbocycles. The van der Waals surface area contributed by atoms with Gasteiger partial charge in [-0.25, -0.2) is 8.42 Å². The molecule has 2 aliphatic rings. The number of sulfone groups is 1. The van der Waals surface area contributed by atoms with E-state index in [9.17, 15) is 13.2 Å². The molecule has 0 bridgehead atoms. The van der Waals surface area contributed by atoms with Crippen molar-refractivity contribution in [1.29, 1.82) is 0 Å². The first-order chi connectivity index (χ1) is 9.91. The molecule has 0 spiro atoms. The van der Waals surface area contributed by atoms with Crippen molar-refractivity contribution in [3.63, 3.8) is 0 Å². The summed E-state index contributed by atoms with van der Waals surface area (Å²) in [4.78, 5) is 14.2. The third-order valence-corrected chi connectivity index (χ3v) is 6.56. The second-order valence-electron chi connectivity index (χ2n) is 5.90. The summed E-state index contributed by atoms with van der Waals surface area (Å²) in [6.45, 7) is 1.20. The number of hydrogen-bond donors (Lipinski definition) is 2. The number of aliphatic hydroxyl groups excluding tert-OH is 1. The summed E-state index contributed by atoms with van der Waals surface area (Å²) in [5.74, 6) is -0.337. The molecule has 0 aromatic carbocycles. The molecule has 122 valence electrons. The number of hydrogen-bond acceptors (Lipinski definition) is 5. The SMILES string of the molecule is O=C(CN1CCCCC1CCO)NC1CS(=O)(=O)CC1Cl. The summed E-state index contributed by atoms with van der Waals surface area (Å²) < 4.78 is 23.0. The highest BCUT2D eigenvalue weighted by Gasteiger charge is 2.37. The van der Waals surface area contributed by atoms with Crippen molar-refractivity contribution in [2.45, 2.75) is 43.1 Å². The zero-order valence-corrected chi connectivity index (χ0v) is 13.6. The minimum Gasteiger partial charge on any atom is -0.396 e. The largest absolute Gasteiger partial charge is 0.396 e. The number of likely N-dealkylation sites (tertiary alicyclic amines) is 1. The molecule has 6 nitrogen and oxygen atoms in total. The Morgan fingerprint density at radius 1 is 1.33 bits per heavy atom. The average molecular weight is 339 g/mol. The van der Waals surface area contributed by atoms with Crippen LogP contribution in [0.4, 0.5) is 0 Å². The van der Waals surface area contributed by atoms with E-state index in [1.807, 2.05) is 0 Å². The van der Waals surface area contributed by atoms with E-state index in [0.717, 1.165) is 25.8 Å². The van der Waals surface area contributed by atoms with Crippen LogP contribution >= 0.6 is 11.6 Å². The van der Waals surface area contributed by atoms with Gasteiger partial charge >= 0.3 is 0 Å². The van der Waals surface area contributed by atoms with Crippen LogP contribution < -0.4 is 5.32 Å². The van der Waals surface area contributed by atoms with Crippen LogP contribution in [0.5, 0.6) is 0 Å². The highest BCUT2D eigenvalue weighted by Crippen LogP contribution is 2.20. The van der Waals surface area contributed by atoms with Gasteiger partial charge in [0.2, 0.25) is 5.91 Å². The Morgan fingerprint density at radius 3 is 2.71 bits per heavy atom. The van der Waals surface area contributed by atoms with Gasteiger partial charge in [-0.1, -0.05) is 6.42 Å². The average Bonchev–Trinajstić information content (AvgIpc) is 2.65. The number of alkyl halides is 1. The number of nitrogens with one attached hydrogen (secondary N) is 1. The fourth-order valence-corrected chi connectivity index (χ4v) is 5.67. The molecule has 21 heavy (non-hydrogen) atoms. The third kappa shape index (κ3) is 4.81. The van der Waals surface area contributed by atoms with Crippen molar-refractivity contribution in [2.75, 3.05) is 31.2 Å². The highest BCUT2D eigenvalue weighted by atomic mass is 35.5. The second-order valence-corrected chi connectivity index (χ2v) is 8.61. The van der Waals surface area contributed by atoms with Crippen LogP contribution in [0.1, 0.15) is 25.7 Å². The first-order valence-corrected chi connectivity index (χ1v) is 9.66. The monoisotopic (exact) mass is 338 g/mol. The number of carbonyl (C=O) groups is 1. The van der Waals surface area contributed by atoms with Gasteiger partial charge in [-0.15, -0.1) is 11.6 Å². The van der Waals surface area contributed by atoms with Crippen molar-refractivity contribution in [1.82, 2.24) is 10.2 Å². The molecule has 1 amide bonds. The molecular formula is C13H23ClN2O4S. The van der Waals surface area contributed by atoms with Crippen molar-refractivity contribution in [3.8, 4) is 0 Å². The van der Waals surface area contributed by atoms with E-state index in [0.29, 0.717) is 6.42 Å². The maximum absolute atomic E-state index is 12.1. The molecule has 2 rings (SSSR count). The van der Waals surface area contributed by atoms with Gasteiger partial charge in [-0.2, -0.15) is 0 Å². The molecule has 3 atom stereocenters. The van der Waals surface area contributed by atoms with E-state index in [1.165, 1.54) is 0 Å². The molecule has 0 aromatic heterocycles. The summed E-state index contributed by atoms with van der Waals surface area (Å²) >= 11 is 5.99. The van der Waals surface area contributed by atoms with E-state index in [1.54, 1.807) is 0 Å². The van der Waals surface area contributed by atoms with Gasteiger partial charge in [0, 0.05) is 12.6 Å². The number of nitrogens with zero attached hydrogens (tertiary/aromatic N) is 1. The summed E-state index contributed by atoms with van der Waals surface area (Å²) in [5.41, 5.74) is 0. The predicted molar refractivity (Wildman–Crippen MR) is 81.1 cm³/mol. The van der Waals surface area contributed by atoms with Crippen molar-refractivity contribution in [2.24, 2.45) is 0 Å². The zero-order chi connectivity index (χ0) is 15.5. The normalized spacial score (nSPS) is 33.0. The van der Waals surface area contributed by atoms with Crippen LogP contribution in [0.3, 0.4) is 0 Å². The standard InChI is InChI=1S/C13H23ClN2O4S/c14-11-8-21(19,20)9-12(11)15-13(18)7-16-5-2-1-3-10(16)4-6-17/h10-12,17H,1-9H2,(H,15,18). The van der Waals surface area contributed by atoms with Crippen molar-refractivity contribution >= 4 is 27.3 Å². The molecule has 2 fully saturated rings. The fraction of sp³-hybridized carbons (Fsp3) is 0.923. The van der Waals surface area contributed by atoms with E-state index >= 15 is 0 Å².